The normalized spacial score (nSPS) is 20.8. The SMILES string of the molecule is CC(C1CCCNC1)n1cncc1-c1ccc(F)cc1. The van der Waals surface area contributed by atoms with E-state index in [2.05, 4.69) is 21.8 Å². The van der Waals surface area contributed by atoms with Crippen molar-refractivity contribution in [1.29, 1.82) is 0 Å². The maximum Gasteiger partial charge on any atom is 0.123 e. The lowest BCUT2D eigenvalue weighted by Crippen LogP contribution is -2.34. The van der Waals surface area contributed by atoms with E-state index in [1.54, 1.807) is 0 Å². The number of rotatable bonds is 3. The Kier molecular flexibility index (Phi) is 3.83. The Hall–Kier alpha value is -1.68. The number of hydrogen-bond acceptors (Lipinski definition) is 2. The van der Waals surface area contributed by atoms with Crippen molar-refractivity contribution in [2.45, 2.75) is 25.8 Å². The molecule has 2 aromatic rings. The van der Waals surface area contributed by atoms with Gasteiger partial charge in [-0.1, -0.05) is 0 Å². The van der Waals surface area contributed by atoms with Crippen LogP contribution in [0.4, 0.5) is 4.39 Å². The van der Waals surface area contributed by atoms with Crippen LogP contribution in [0.1, 0.15) is 25.8 Å². The van der Waals surface area contributed by atoms with Gasteiger partial charge in [-0.3, -0.25) is 0 Å². The Morgan fingerprint density at radius 2 is 2.15 bits per heavy atom. The van der Waals surface area contributed by atoms with Crippen LogP contribution in [0, 0.1) is 11.7 Å². The smallest absolute Gasteiger partial charge is 0.123 e. The molecule has 1 N–H and O–H groups in total. The van der Waals surface area contributed by atoms with Gasteiger partial charge in [0.05, 0.1) is 18.2 Å². The second kappa shape index (κ2) is 5.75. The van der Waals surface area contributed by atoms with Gasteiger partial charge in [-0.2, -0.15) is 0 Å². The molecule has 1 fully saturated rings. The molecule has 0 aliphatic carbocycles. The van der Waals surface area contributed by atoms with E-state index in [9.17, 15) is 4.39 Å². The minimum atomic E-state index is -0.204. The van der Waals surface area contributed by atoms with Crippen LogP contribution in [-0.4, -0.2) is 22.6 Å². The Balaban J connectivity index is 1.87. The molecule has 2 atom stereocenters. The van der Waals surface area contributed by atoms with Gasteiger partial charge in [0, 0.05) is 6.04 Å². The maximum absolute atomic E-state index is 13.0. The van der Waals surface area contributed by atoms with Gasteiger partial charge >= 0.3 is 0 Å². The van der Waals surface area contributed by atoms with E-state index >= 15 is 0 Å². The number of nitrogens with one attached hydrogen (secondary N) is 1. The summed E-state index contributed by atoms with van der Waals surface area (Å²) in [6.45, 7) is 4.42. The predicted molar refractivity (Wildman–Crippen MR) is 77.9 cm³/mol. The second-order valence-corrected chi connectivity index (χ2v) is 5.54. The van der Waals surface area contributed by atoms with Crippen molar-refractivity contribution in [3.8, 4) is 11.3 Å². The van der Waals surface area contributed by atoms with Crippen molar-refractivity contribution in [1.82, 2.24) is 14.9 Å². The molecule has 20 heavy (non-hydrogen) atoms. The summed E-state index contributed by atoms with van der Waals surface area (Å²) >= 11 is 0. The highest BCUT2D eigenvalue weighted by molar-refractivity contribution is 5.58. The Morgan fingerprint density at radius 1 is 1.35 bits per heavy atom. The lowest BCUT2D eigenvalue weighted by molar-refractivity contribution is 0.281. The Morgan fingerprint density at radius 3 is 2.85 bits per heavy atom. The molecule has 0 saturated carbocycles. The van der Waals surface area contributed by atoms with Crippen molar-refractivity contribution in [2.75, 3.05) is 13.1 Å². The molecule has 3 nitrogen and oxygen atoms in total. The number of nitrogens with zero attached hydrogens (tertiary/aromatic N) is 2. The number of aromatic nitrogens is 2. The van der Waals surface area contributed by atoms with E-state index < -0.39 is 0 Å². The summed E-state index contributed by atoms with van der Waals surface area (Å²) in [5.41, 5.74) is 2.07. The number of halogens is 1. The number of piperidine rings is 1. The molecule has 3 rings (SSSR count). The molecule has 1 saturated heterocycles. The van der Waals surface area contributed by atoms with Gasteiger partial charge in [-0.05, 0) is 68.6 Å². The fraction of sp³-hybridized carbons (Fsp3) is 0.438. The number of imidazole rings is 1. The molecule has 0 spiro atoms. The fourth-order valence-corrected chi connectivity index (χ4v) is 2.99. The van der Waals surface area contributed by atoms with Crippen molar-refractivity contribution in [3.63, 3.8) is 0 Å². The standard InChI is InChI=1S/C16H20FN3/c1-12(14-3-2-8-18-9-14)20-11-19-10-16(20)13-4-6-15(17)7-5-13/h4-7,10-12,14,18H,2-3,8-9H2,1H3. The summed E-state index contributed by atoms with van der Waals surface area (Å²) in [6, 6.07) is 7.02. The zero-order valence-corrected chi connectivity index (χ0v) is 11.7. The molecule has 2 heterocycles. The summed E-state index contributed by atoms with van der Waals surface area (Å²) in [5, 5.41) is 3.46. The molecule has 1 aliphatic heterocycles. The molecule has 1 aromatic heterocycles. The van der Waals surface area contributed by atoms with Gasteiger partial charge in [0.1, 0.15) is 5.82 Å². The van der Waals surface area contributed by atoms with E-state index in [0.29, 0.717) is 12.0 Å². The molecule has 106 valence electrons. The van der Waals surface area contributed by atoms with Crippen LogP contribution in [0.25, 0.3) is 11.3 Å². The van der Waals surface area contributed by atoms with Crippen LogP contribution in [0.2, 0.25) is 0 Å². The first-order valence-corrected chi connectivity index (χ1v) is 7.24. The van der Waals surface area contributed by atoms with Crippen LogP contribution < -0.4 is 5.32 Å². The molecule has 1 aromatic carbocycles. The van der Waals surface area contributed by atoms with Gasteiger partial charge < -0.3 is 9.88 Å². The molecular weight excluding hydrogens is 253 g/mol. The van der Waals surface area contributed by atoms with Gasteiger partial charge in [-0.15, -0.1) is 0 Å². The molecule has 4 heteroatoms. The van der Waals surface area contributed by atoms with Crippen LogP contribution in [0.5, 0.6) is 0 Å². The molecular formula is C16H20FN3. The van der Waals surface area contributed by atoms with Crippen molar-refractivity contribution in [2.24, 2.45) is 5.92 Å². The Labute approximate surface area is 118 Å². The molecule has 0 radical (unpaired) electrons. The van der Waals surface area contributed by atoms with E-state index in [0.717, 1.165) is 24.3 Å². The highest BCUT2D eigenvalue weighted by Crippen LogP contribution is 2.29. The predicted octanol–water partition coefficient (Wildman–Crippen LogP) is 3.25. The maximum atomic E-state index is 13.0. The first-order chi connectivity index (χ1) is 9.75. The highest BCUT2D eigenvalue weighted by Gasteiger charge is 2.22. The lowest BCUT2D eigenvalue weighted by Gasteiger charge is -2.30. The van der Waals surface area contributed by atoms with Crippen LogP contribution in [0.3, 0.4) is 0 Å². The first-order valence-electron chi connectivity index (χ1n) is 7.24. The van der Waals surface area contributed by atoms with Gasteiger partial charge in [-0.25, -0.2) is 9.37 Å². The fourth-order valence-electron chi connectivity index (χ4n) is 2.99. The van der Waals surface area contributed by atoms with E-state index in [1.807, 2.05) is 24.7 Å². The zero-order valence-electron chi connectivity index (χ0n) is 11.7. The highest BCUT2D eigenvalue weighted by atomic mass is 19.1. The summed E-state index contributed by atoms with van der Waals surface area (Å²) in [7, 11) is 0. The van der Waals surface area contributed by atoms with E-state index in [1.165, 1.54) is 25.0 Å². The average molecular weight is 273 g/mol. The lowest BCUT2D eigenvalue weighted by atomic mass is 9.92. The van der Waals surface area contributed by atoms with Crippen LogP contribution in [-0.2, 0) is 0 Å². The third-order valence-corrected chi connectivity index (χ3v) is 4.26. The second-order valence-electron chi connectivity index (χ2n) is 5.54. The number of benzene rings is 1. The van der Waals surface area contributed by atoms with Gasteiger partial charge in [0.2, 0.25) is 0 Å². The number of hydrogen-bond donors (Lipinski definition) is 1. The van der Waals surface area contributed by atoms with Crippen LogP contribution in [0.15, 0.2) is 36.8 Å². The Bertz CT molecular complexity index is 555. The van der Waals surface area contributed by atoms with Crippen molar-refractivity contribution < 1.29 is 4.39 Å². The first kappa shape index (κ1) is 13.3. The van der Waals surface area contributed by atoms with E-state index in [-0.39, 0.29) is 5.82 Å². The summed E-state index contributed by atoms with van der Waals surface area (Å²) in [4.78, 5) is 4.29. The summed E-state index contributed by atoms with van der Waals surface area (Å²) < 4.78 is 15.3. The van der Waals surface area contributed by atoms with Crippen LogP contribution >= 0.6 is 0 Å². The van der Waals surface area contributed by atoms with Crippen molar-refractivity contribution in [3.05, 3.63) is 42.6 Å². The van der Waals surface area contributed by atoms with Gasteiger partial charge in [0.25, 0.3) is 0 Å². The zero-order chi connectivity index (χ0) is 13.9. The molecule has 0 bridgehead atoms. The topological polar surface area (TPSA) is 29.9 Å². The third-order valence-electron chi connectivity index (χ3n) is 4.26. The minimum absolute atomic E-state index is 0.204. The molecule has 2 unspecified atom stereocenters. The van der Waals surface area contributed by atoms with E-state index in [4.69, 9.17) is 0 Å². The molecule has 1 aliphatic rings. The summed E-state index contributed by atoms with van der Waals surface area (Å²) in [6.07, 6.45) is 6.22. The molecule has 0 amide bonds. The third kappa shape index (κ3) is 2.61. The summed E-state index contributed by atoms with van der Waals surface area (Å²) in [5.74, 6) is 0.418. The van der Waals surface area contributed by atoms with Crippen molar-refractivity contribution >= 4 is 0 Å². The average Bonchev–Trinajstić information content (AvgIpc) is 2.97. The quantitative estimate of drug-likeness (QED) is 0.930. The minimum Gasteiger partial charge on any atom is -0.327 e. The largest absolute Gasteiger partial charge is 0.327 e. The monoisotopic (exact) mass is 273 g/mol. The van der Waals surface area contributed by atoms with Gasteiger partial charge in [0.15, 0.2) is 0 Å².